The lowest BCUT2D eigenvalue weighted by Crippen LogP contribution is -2.32. The fraction of sp³-hybridized carbons (Fsp3) is 0.364. The molecule has 0 aromatic carbocycles. The van der Waals surface area contributed by atoms with E-state index < -0.39 is 11.2 Å². The number of nitrogens with zero attached hydrogens (tertiary/aromatic N) is 2. The first-order valence-electron chi connectivity index (χ1n) is 5.00. The van der Waals surface area contributed by atoms with Crippen molar-refractivity contribution in [2.75, 3.05) is 13.2 Å². The van der Waals surface area contributed by atoms with E-state index in [4.69, 9.17) is 10.00 Å². The summed E-state index contributed by atoms with van der Waals surface area (Å²) in [6.07, 6.45) is 1.23. The molecule has 1 aromatic rings. The maximum absolute atomic E-state index is 11.4. The number of ether oxygens (including phenoxy) is 1. The molecule has 0 aliphatic heterocycles. The number of nitriles is 1. The van der Waals surface area contributed by atoms with E-state index in [1.54, 1.807) is 6.07 Å². The van der Waals surface area contributed by atoms with Gasteiger partial charge in [0.25, 0.3) is 5.56 Å². The molecule has 1 N–H and O–H groups in total. The van der Waals surface area contributed by atoms with Gasteiger partial charge in [-0.05, 0) is 6.92 Å². The second-order valence-corrected chi connectivity index (χ2v) is 3.62. The zero-order chi connectivity index (χ0) is 12.8. The minimum absolute atomic E-state index is 0.0931. The first-order valence-corrected chi connectivity index (χ1v) is 5.00. The lowest BCUT2D eigenvalue weighted by atomic mass is 10.4. The predicted molar refractivity (Wildman–Crippen MR) is 61.7 cm³/mol. The summed E-state index contributed by atoms with van der Waals surface area (Å²) in [4.78, 5) is 24.5. The van der Waals surface area contributed by atoms with Crippen molar-refractivity contribution >= 4 is 0 Å². The van der Waals surface area contributed by atoms with Crippen LogP contribution in [0.25, 0.3) is 0 Å². The quantitative estimate of drug-likeness (QED) is 0.574. The van der Waals surface area contributed by atoms with Crippen LogP contribution < -0.4 is 11.2 Å². The highest BCUT2D eigenvalue weighted by Gasteiger charge is 2.03. The van der Waals surface area contributed by atoms with Gasteiger partial charge in [0.15, 0.2) is 0 Å². The lowest BCUT2D eigenvalue weighted by molar-refractivity contribution is 0.146. The van der Waals surface area contributed by atoms with Crippen LogP contribution in [0.2, 0.25) is 0 Å². The molecule has 0 fully saturated rings. The van der Waals surface area contributed by atoms with Gasteiger partial charge in [-0.3, -0.25) is 14.3 Å². The van der Waals surface area contributed by atoms with E-state index in [9.17, 15) is 9.59 Å². The molecule has 0 radical (unpaired) electrons. The van der Waals surface area contributed by atoms with Crippen LogP contribution in [0.4, 0.5) is 0 Å². The summed E-state index contributed by atoms with van der Waals surface area (Å²) in [6.45, 7) is 6.51. The third kappa shape index (κ3) is 3.74. The average Bonchev–Trinajstić information content (AvgIpc) is 2.26. The Morgan fingerprint density at radius 3 is 2.94 bits per heavy atom. The van der Waals surface area contributed by atoms with Gasteiger partial charge in [0, 0.05) is 6.20 Å². The van der Waals surface area contributed by atoms with E-state index in [-0.39, 0.29) is 12.1 Å². The topological polar surface area (TPSA) is 87.9 Å². The highest BCUT2D eigenvalue weighted by molar-refractivity contribution is 5.21. The second-order valence-electron chi connectivity index (χ2n) is 3.62. The Labute approximate surface area is 97.8 Å². The maximum Gasteiger partial charge on any atom is 0.328 e. The number of rotatable bonds is 5. The Morgan fingerprint density at radius 2 is 2.35 bits per heavy atom. The van der Waals surface area contributed by atoms with Crippen molar-refractivity contribution in [3.8, 4) is 6.07 Å². The Morgan fingerprint density at radius 1 is 1.65 bits per heavy atom. The van der Waals surface area contributed by atoms with Gasteiger partial charge in [0.05, 0.1) is 19.8 Å². The van der Waals surface area contributed by atoms with E-state index in [1.165, 1.54) is 10.8 Å². The van der Waals surface area contributed by atoms with Crippen LogP contribution in [-0.2, 0) is 11.3 Å². The van der Waals surface area contributed by atoms with Crippen molar-refractivity contribution in [3.63, 3.8) is 0 Å². The summed E-state index contributed by atoms with van der Waals surface area (Å²) in [5.41, 5.74) is -0.425. The largest absolute Gasteiger partial charge is 0.375 e. The Bertz CT molecular complexity index is 563. The molecule has 0 aliphatic rings. The van der Waals surface area contributed by atoms with Crippen molar-refractivity contribution in [1.29, 1.82) is 5.26 Å². The Balaban J connectivity index is 2.72. The number of hydrogen-bond donors (Lipinski definition) is 1. The Kier molecular flexibility index (Phi) is 4.43. The third-order valence-corrected chi connectivity index (χ3v) is 1.96. The van der Waals surface area contributed by atoms with Gasteiger partial charge in [0.2, 0.25) is 0 Å². The van der Waals surface area contributed by atoms with Crippen LogP contribution in [0.3, 0.4) is 0 Å². The molecule has 6 heteroatoms. The molecular formula is C11H13N3O3. The molecule has 1 heterocycles. The second kappa shape index (κ2) is 5.82. The molecule has 0 unspecified atom stereocenters. The summed E-state index contributed by atoms with van der Waals surface area (Å²) >= 11 is 0. The van der Waals surface area contributed by atoms with Crippen molar-refractivity contribution in [2.45, 2.75) is 13.5 Å². The zero-order valence-corrected chi connectivity index (χ0v) is 9.52. The molecule has 0 aliphatic carbocycles. The van der Waals surface area contributed by atoms with Gasteiger partial charge in [0.1, 0.15) is 11.6 Å². The normalized spacial score (nSPS) is 9.88. The van der Waals surface area contributed by atoms with E-state index >= 15 is 0 Å². The molecule has 1 aromatic heterocycles. The van der Waals surface area contributed by atoms with Crippen LogP contribution in [0, 0.1) is 11.3 Å². The molecule has 90 valence electrons. The van der Waals surface area contributed by atoms with Gasteiger partial charge in [-0.2, -0.15) is 5.26 Å². The van der Waals surface area contributed by atoms with Gasteiger partial charge < -0.3 is 4.74 Å². The Hall–Kier alpha value is -2.13. The summed E-state index contributed by atoms with van der Waals surface area (Å²) < 4.78 is 6.46. The highest BCUT2D eigenvalue weighted by atomic mass is 16.5. The minimum atomic E-state index is -0.670. The van der Waals surface area contributed by atoms with Crippen LogP contribution in [-0.4, -0.2) is 22.8 Å². The van der Waals surface area contributed by atoms with Crippen LogP contribution >= 0.6 is 0 Å². The van der Waals surface area contributed by atoms with E-state index in [0.29, 0.717) is 13.2 Å². The van der Waals surface area contributed by atoms with Crippen molar-refractivity contribution in [2.24, 2.45) is 0 Å². The number of H-pyrrole nitrogens is 1. The summed E-state index contributed by atoms with van der Waals surface area (Å²) in [7, 11) is 0. The monoisotopic (exact) mass is 235 g/mol. The number of aromatic nitrogens is 2. The molecule has 0 saturated carbocycles. The molecule has 6 nitrogen and oxygen atoms in total. The fourth-order valence-electron chi connectivity index (χ4n) is 1.16. The summed E-state index contributed by atoms with van der Waals surface area (Å²) in [6, 6.07) is 1.71. The highest BCUT2D eigenvalue weighted by Crippen LogP contribution is 1.90. The molecule has 0 spiro atoms. The molecule has 17 heavy (non-hydrogen) atoms. The molecule has 0 amide bonds. The number of nitrogens with one attached hydrogen (secondary N) is 1. The molecule has 1 rings (SSSR count). The maximum atomic E-state index is 11.4. The minimum Gasteiger partial charge on any atom is -0.375 e. The van der Waals surface area contributed by atoms with Gasteiger partial charge in [-0.15, -0.1) is 0 Å². The number of hydrogen-bond acceptors (Lipinski definition) is 4. The van der Waals surface area contributed by atoms with Crippen LogP contribution in [0.15, 0.2) is 27.9 Å². The van der Waals surface area contributed by atoms with Crippen molar-refractivity contribution < 1.29 is 4.74 Å². The first kappa shape index (κ1) is 12.9. The molecule has 0 saturated heterocycles. The van der Waals surface area contributed by atoms with Gasteiger partial charge in [-0.1, -0.05) is 12.2 Å². The standard InChI is InChI=1S/C11H13N3O3/c1-8(2)7-17-4-3-14-6-9(5-12)10(15)13-11(14)16/h6H,1,3-4,7H2,2H3,(H,13,15,16). The van der Waals surface area contributed by atoms with E-state index in [1.807, 2.05) is 6.92 Å². The van der Waals surface area contributed by atoms with Crippen LogP contribution in [0.1, 0.15) is 12.5 Å². The molecule has 0 atom stereocenters. The van der Waals surface area contributed by atoms with Crippen molar-refractivity contribution in [1.82, 2.24) is 9.55 Å². The summed E-state index contributed by atoms with van der Waals surface area (Å²) in [5, 5.41) is 8.65. The first-order chi connectivity index (χ1) is 8.04. The number of aromatic amines is 1. The lowest BCUT2D eigenvalue weighted by Gasteiger charge is -2.06. The van der Waals surface area contributed by atoms with Gasteiger partial charge in [-0.25, -0.2) is 4.79 Å². The smallest absolute Gasteiger partial charge is 0.328 e. The van der Waals surface area contributed by atoms with E-state index in [0.717, 1.165) is 5.57 Å². The fourth-order valence-corrected chi connectivity index (χ4v) is 1.16. The zero-order valence-electron chi connectivity index (χ0n) is 9.52. The molecule has 0 bridgehead atoms. The predicted octanol–water partition coefficient (Wildman–Crippen LogP) is 0.000980. The third-order valence-electron chi connectivity index (χ3n) is 1.96. The average molecular weight is 235 g/mol. The van der Waals surface area contributed by atoms with E-state index in [2.05, 4.69) is 11.6 Å². The van der Waals surface area contributed by atoms with Gasteiger partial charge >= 0.3 is 5.69 Å². The van der Waals surface area contributed by atoms with Crippen LogP contribution in [0.5, 0.6) is 0 Å². The molecular weight excluding hydrogens is 222 g/mol. The SMILES string of the molecule is C=C(C)COCCn1cc(C#N)c(=O)[nH]c1=O. The van der Waals surface area contributed by atoms with Crippen molar-refractivity contribution in [3.05, 3.63) is 44.8 Å². The summed E-state index contributed by atoms with van der Waals surface area (Å²) in [5.74, 6) is 0.